The third-order valence-corrected chi connectivity index (χ3v) is 3.03. The molecule has 0 spiro atoms. The minimum absolute atomic E-state index is 0.324. The van der Waals surface area contributed by atoms with Crippen LogP contribution in [0, 0.1) is 6.92 Å². The lowest BCUT2D eigenvalue weighted by molar-refractivity contribution is 0.367. The molecule has 112 valence electrons. The summed E-state index contributed by atoms with van der Waals surface area (Å²) >= 11 is 0. The number of aromatic nitrogens is 2. The highest BCUT2D eigenvalue weighted by atomic mass is 16.5. The van der Waals surface area contributed by atoms with E-state index in [9.17, 15) is 0 Å². The van der Waals surface area contributed by atoms with Crippen molar-refractivity contribution >= 4 is 0 Å². The molecule has 1 aromatic heterocycles. The summed E-state index contributed by atoms with van der Waals surface area (Å²) in [5.41, 5.74) is 1.97. The molecule has 0 fully saturated rings. The maximum Gasteiger partial charge on any atom is 0.322 e. The van der Waals surface area contributed by atoms with Crippen molar-refractivity contribution in [3.63, 3.8) is 0 Å². The molecule has 2 aromatic rings. The third-order valence-electron chi connectivity index (χ3n) is 3.03. The van der Waals surface area contributed by atoms with Crippen molar-refractivity contribution in [3.05, 3.63) is 41.7 Å². The first kappa shape index (κ1) is 15.3. The van der Waals surface area contributed by atoms with Gasteiger partial charge in [-0.05, 0) is 19.1 Å². The molecule has 0 aliphatic rings. The highest BCUT2D eigenvalue weighted by Crippen LogP contribution is 2.29. The highest BCUT2D eigenvalue weighted by Gasteiger charge is 2.09. The number of hydrogen-bond donors (Lipinski definition) is 1. The van der Waals surface area contributed by atoms with E-state index in [2.05, 4.69) is 29.1 Å². The topological polar surface area (TPSA) is 56.3 Å². The van der Waals surface area contributed by atoms with Crippen LogP contribution in [0.2, 0.25) is 0 Å². The van der Waals surface area contributed by atoms with Gasteiger partial charge in [-0.25, -0.2) is 4.98 Å². The lowest BCUT2D eigenvalue weighted by atomic mass is 10.2. The van der Waals surface area contributed by atoms with Crippen molar-refractivity contribution in [2.24, 2.45) is 0 Å². The Kier molecular flexibility index (Phi) is 5.11. The minimum atomic E-state index is 0.324. The SMILES string of the molecule is COc1ccccc1Oc1ncc(CNC(C)C)c(C)n1. The molecule has 1 N–H and O–H groups in total. The Morgan fingerprint density at radius 3 is 2.52 bits per heavy atom. The van der Waals surface area contributed by atoms with Gasteiger partial charge in [0.05, 0.1) is 7.11 Å². The number of nitrogens with zero attached hydrogens (tertiary/aromatic N) is 2. The van der Waals surface area contributed by atoms with E-state index < -0.39 is 0 Å². The van der Waals surface area contributed by atoms with E-state index in [-0.39, 0.29) is 0 Å². The largest absolute Gasteiger partial charge is 0.493 e. The van der Waals surface area contributed by atoms with Gasteiger partial charge in [0.15, 0.2) is 11.5 Å². The molecule has 0 amide bonds. The van der Waals surface area contributed by atoms with E-state index >= 15 is 0 Å². The molecule has 0 atom stereocenters. The average molecular weight is 287 g/mol. The molecular formula is C16H21N3O2. The van der Waals surface area contributed by atoms with Gasteiger partial charge < -0.3 is 14.8 Å². The zero-order chi connectivity index (χ0) is 15.2. The summed E-state index contributed by atoms with van der Waals surface area (Å²) in [5, 5.41) is 3.35. The highest BCUT2D eigenvalue weighted by molar-refractivity contribution is 5.40. The van der Waals surface area contributed by atoms with E-state index in [4.69, 9.17) is 9.47 Å². The first-order valence-corrected chi connectivity index (χ1v) is 6.97. The molecule has 1 heterocycles. The van der Waals surface area contributed by atoms with Crippen LogP contribution >= 0.6 is 0 Å². The Morgan fingerprint density at radius 2 is 1.90 bits per heavy atom. The van der Waals surface area contributed by atoms with Crippen LogP contribution in [0.3, 0.4) is 0 Å². The Labute approximate surface area is 125 Å². The van der Waals surface area contributed by atoms with E-state index in [1.54, 1.807) is 13.3 Å². The lowest BCUT2D eigenvalue weighted by Crippen LogP contribution is -2.22. The first-order valence-electron chi connectivity index (χ1n) is 6.97. The number of hydrogen-bond acceptors (Lipinski definition) is 5. The van der Waals surface area contributed by atoms with Crippen LogP contribution in [0.25, 0.3) is 0 Å². The van der Waals surface area contributed by atoms with Gasteiger partial charge in [-0.2, -0.15) is 4.98 Å². The second kappa shape index (κ2) is 7.04. The van der Waals surface area contributed by atoms with Gasteiger partial charge in [-0.1, -0.05) is 26.0 Å². The van der Waals surface area contributed by atoms with Crippen LogP contribution in [0.15, 0.2) is 30.5 Å². The monoisotopic (exact) mass is 287 g/mol. The number of ether oxygens (including phenoxy) is 2. The molecule has 0 radical (unpaired) electrons. The van der Waals surface area contributed by atoms with Gasteiger partial charge in [0.25, 0.3) is 0 Å². The molecule has 0 saturated carbocycles. The van der Waals surface area contributed by atoms with Crippen LogP contribution in [0.1, 0.15) is 25.1 Å². The lowest BCUT2D eigenvalue weighted by Gasteiger charge is -2.12. The van der Waals surface area contributed by atoms with Crippen LogP contribution in [0.4, 0.5) is 0 Å². The number of para-hydroxylation sites is 2. The van der Waals surface area contributed by atoms with Crippen molar-refractivity contribution in [1.82, 2.24) is 15.3 Å². The van der Waals surface area contributed by atoms with Gasteiger partial charge >= 0.3 is 6.01 Å². The Hall–Kier alpha value is -2.14. The van der Waals surface area contributed by atoms with Gasteiger partial charge in [0.1, 0.15) is 0 Å². The fraction of sp³-hybridized carbons (Fsp3) is 0.375. The number of methoxy groups -OCH3 is 1. The second-order valence-corrected chi connectivity index (χ2v) is 5.05. The molecule has 5 heteroatoms. The fourth-order valence-corrected chi connectivity index (χ4v) is 1.81. The van der Waals surface area contributed by atoms with Crippen LogP contribution in [-0.2, 0) is 6.54 Å². The van der Waals surface area contributed by atoms with Crippen LogP contribution in [0.5, 0.6) is 17.5 Å². The van der Waals surface area contributed by atoms with Crippen molar-refractivity contribution in [3.8, 4) is 17.5 Å². The number of rotatable bonds is 6. The van der Waals surface area contributed by atoms with Crippen molar-refractivity contribution in [1.29, 1.82) is 0 Å². The Morgan fingerprint density at radius 1 is 1.19 bits per heavy atom. The molecule has 0 unspecified atom stereocenters. The maximum absolute atomic E-state index is 5.69. The van der Waals surface area contributed by atoms with E-state index in [1.165, 1.54) is 0 Å². The molecule has 0 aliphatic heterocycles. The number of aryl methyl sites for hydroxylation is 1. The minimum Gasteiger partial charge on any atom is -0.493 e. The second-order valence-electron chi connectivity index (χ2n) is 5.05. The van der Waals surface area contributed by atoms with Crippen molar-refractivity contribution in [2.45, 2.75) is 33.4 Å². The number of nitrogens with one attached hydrogen (secondary N) is 1. The maximum atomic E-state index is 5.69. The molecule has 1 aromatic carbocycles. The normalized spacial score (nSPS) is 10.7. The van der Waals surface area contributed by atoms with Gasteiger partial charge in [-0.15, -0.1) is 0 Å². The molecule has 2 rings (SSSR count). The summed E-state index contributed by atoms with van der Waals surface area (Å²) in [6.07, 6.45) is 1.79. The van der Waals surface area contributed by atoms with Gasteiger partial charge in [-0.3, -0.25) is 0 Å². The summed E-state index contributed by atoms with van der Waals surface area (Å²) < 4.78 is 10.9. The van der Waals surface area contributed by atoms with Crippen LogP contribution in [-0.4, -0.2) is 23.1 Å². The zero-order valence-corrected chi connectivity index (χ0v) is 12.9. The third kappa shape index (κ3) is 4.16. The van der Waals surface area contributed by atoms with Crippen molar-refractivity contribution < 1.29 is 9.47 Å². The summed E-state index contributed by atoms with van der Waals surface area (Å²) in [7, 11) is 1.61. The fourth-order valence-electron chi connectivity index (χ4n) is 1.81. The standard InChI is InChI=1S/C16H21N3O2/c1-11(2)17-9-13-10-18-16(19-12(13)3)21-15-8-6-5-7-14(15)20-4/h5-8,10-11,17H,9H2,1-4H3. The zero-order valence-electron chi connectivity index (χ0n) is 12.9. The molecule has 0 bridgehead atoms. The quantitative estimate of drug-likeness (QED) is 0.884. The predicted molar refractivity (Wildman–Crippen MR) is 81.8 cm³/mol. The summed E-state index contributed by atoms with van der Waals surface area (Å²) in [4.78, 5) is 8.65. The molecule has 0 aliphatic carbocycles. The van der Waals surface area contributed by atoms with E-state index in [1.807, 2.05) is 31.2 Å². The Balaban J connectivity index is 2.13. The van der Waals surface area contributed by atoms with Gasteiger partial charge in [0, 0.05) is 30.0 Å². The van der Waals surface area contributed by atoms with Crippen LogP contribution < -0.4 is 14.8 Å². The predicted octanol–water partition coefficient (Wildman–Crippen LogP) is 3.08. The molecule has 21 heavy (non-hydrogen) atoms. The molecule has 0 saturated heterocycles. The average Bonchev–Trinajstić information content (AvgIpc) is 2.47. The van der Waals surface area contributed by atoms with E-state index in [0.717, 1.165) is 17.8 Å². The van der Waals surface area contributed by atoms with Crippen molar-refractivity contribution in [2.75, 3.05) is 7.11 Å². The molecule has 5 nitrogen and oxygen atoms in total. The number of benzene rings is 1. The smallest absolute Gasteiger partial charge is 0.322 e. The van der Waals surface area contributed by atoms with E-state index in [0.29, 0.717) is 23.6 Å². The summed E-state index contributed by atoms with van der Waals surface area (Å²) in [5.74, 6) is 1.26. The summed E-state index contributed by atoms with van der Waals surface area (Å²) in [6, 6.07) is 8.18. The first-order chi connectivity index (χ1) is 10.1. The summed E-state index contributed by atoms with van der Waals surface area (Å²) in [6.45, 7) is 6.91. The molecular weight excluding hydrogens is 266 g/mol. The Bertz CT molecular complexity index is 600. The van der Waals surface area contributed by atoms with Gasteiger partial charge in [0.2, 0.25) is 0 Å².